The average molecular weight is 1220 g/mol. The minimum atomic E-state index is -2.13. The predicted octanol–water partition coefficient (Wildman–Crippen LogP) is 14.9. The topological polar surface area (TPSA) is 51.8 Å². The van der Waals surface area contributed by atoms with Crippen LogP contribution in [0.4, 0.5) is 45.5 Å². The summed E-state index contributed by atoms with van der Waals surface area (Å²) in [7, 11) is 6.28. The summed E-state index contributed by atoms with van der Waals surface area (Å²) in [6.45, 7) is 39.6. The Labute approximate surface area is 547 Å². The molecule has 0 bridgehead atoms. The van der Waals surface area contributed by atoms with E-state index in [1.54, 1.807) is 6.20 Å². The highest BCUT2D eigenvalue weighted by molar-refractivity contribution is 5.74. The van der Waals surface area contributed by atoms with Gasteiger partial charge in [-0.1, -0.05) is 24.3 Å². The Bertz CT molecular complexity index is 3330. The van der Waals surface area contributed by atoms with Gasteiger partial charge >= 0.3 is 0 Å². The molecule has 4 aromatic rings. The fourth-order valence-electron chi connectivity index (χ4n) is 13.5. The zero-order chi connectivity index (χ0) is 67.7. The van der Waals surface area contributed by atoms with Gasteiger partial charge in [-0.2, -0.15) is 0 Å². The van der Waals surface area contributed by atoms with Crippen LogP contribution >= 0.6 is 0 Å². The highest BCUT2D eigenvalue weighted by Crippen LogP contribution is 2.41. The van der Waals surface area contributed by atoms with Crippen molar-refractivity contribution in [1.82, 2.24) is 39.2 Å². The van der Waals surface area contributed by atoms with Gasteiger partial charge in [0.25, 0.3) is 0 Å². The first-order chi connectivity index (χ1) is 44.1. The molecule has 8 aliphatic heterocycles. The van der Waals surface area contributed by atoms with Crippen molar-refractivity contribution in [3.63, 3.8) is 0 Å². The van der Waals surface area contributed by atoms with Gasteiger partial charge in [0.05, 0.1) is 0 Å². The summed E-state index contributed by atoms with van der Waals surface area (Å²) in [5.74, 6) is 0. The second-order valence-electron chi connectivity index (χ2n) is 25.5. The number of benzene rings is 4. The normalized spacial score (nSPS) is 24.5. The summed E-state index contributed by atoms with van der Waals surface area (Å²) in [5.41, 5.74) is 15.0. The molecule has 0 aromatic heterocycles. The number of anilines is 8. The standard InChI is InChI=1S/C21H32N4.C19H28N4.2C17H24N4/c1-15(2)22-11-13-24(18(22)6)20-9-8-10-21(17(20)5)25-14-12-23(16(3)4)19(25)7;1-6-20-11-13-22(16(20)4)18-9-8-10-19(15(18)3)23-14-12-21(7-2)17(23)5;2*1-13-16(20-11-9-18(4)14(20)2)7-6-8-17(13)21-12-10-19(5)15(21)3/h8-16,18-19H,1-7H3;8-14,16-17H,6-7H2,1-5H3;2*6-12,14-15H,1-5H3/t18-,19+;16-,17+;2*14-,15+/i;;4D3;/m..1./s1. The Morgan fingerprint density at radius 2 is 0.511 bits per heavy atom. The molecule has 4 aromatic carbocycles. The van der Waals surface area contributed by atoms with E-state index in [0.29, 0.717) is 49.1 Å². The second kappa shape index (κ2) is 27.8. The molecule has 16 heteroatoms. The molecule has 90 heavy (non-hydrogen) atoms. The van der Waals surface area contributed by atoms with E-state index < -0.39 is 6.98 Å². The summed E-state index contributed by atoms with van der Waals surface area (Å²) < 4.78 is 23.0. The minimum absolute atomic E-state index is 0.249. The molecule has 0 radical (unpaired) electrons. The van der Waals surface area contributed by atoms with Gasteiger partial charge in [-0.15, -0.1) is 0 Å². The summed E-state index contributed by atoms with van der Waals surface area (Å²) in [6, 6.07) is 27.0. The zero-order valence-electron chi connectivity index (χ0n) is 61.0. The molecule has 484 valence electrons. The Morgan fingerprint density at radius 3 is 0.711 bits per heavy atom. The fourth-order valence-corrected chi connectivity index (χ4v) is 13.5. The van der Waals surface area contributed by atoms with Crippen LogP contribution in [0.5, 0.6) is 0 Å². The third-order valence-electron chi connectivity index (χ3n) is 19.9. The van der Waals surface area contributed by atoms with Gasteiger partial charge in [0, 0.05) is 202 Å². The molecule has 8 heterocycles. The van der Waals surface area contributed by atoms with Crippen LogP contribution in [0.1, 0.15) is 123 Å². The summed E-state index contributed by atoms with van der Waals surface area (Å²) in [5, 5.41) is 0. The van der Waals surface area contributed by atoms with Crippen molar-refractivity contribution in [2.75, 3.05) is 80.4 Å². The first-order valence-electron chi connectivity index (χ1n) is 34.3. The minimum Gasteiger partial charge on any atom is -0.359 e. The van der Waals surface area contributed by atoms with Crippen LogP contribution in [0, 0.1) is 27.7 Å². The lowest BCUT2D eigenvalue weighted by Crippen LogP contribution is -2.41. The van der Waals surface area contributed by atoms with Gasteiger partial charge < -0.3 is 78.4 Å². The first kappa shape index (κ1) is 61.8. The summed E-state index contributed by atoms with van der Waals surface area (Å²) >= 11 is 0. The van der Waals surface area contributed by atoms with Crippen LogP contribution in [0.2, 0.25) is 0 Å². The maximum Gasteiger partial charge on any atom is 0.103 e. The van der Waals surface area contributed by atoms with Gasteiger partial charge in [0.1, 0.15) is 49.3 Å². The van der Waals surface area contributed by atoms with E-state index in [-0.39, 0.29) is 12.3 Å². The molecule has 8 atom stereocenters. The highest BCUT2D eigenvalue weighted by Gasteiger charge is 2.33. The van der Waals surface area contributed by atoms with Crippen LogP contribution in [-0.2, 0) is 0 Å². The van der Waals surface area contributed by atoms with Gasteiger partial charge in [-0.25, -0.2) is 0 Å². The average Bonchev–Trinajstić information content (AvgIpc) is 1.68. The van der Waals surface area contributed by atoms with E-state index in [9.17, 15) is 0 Å². The van der Waals surface area contributed by atoms with E-state index in [1.807, 2.05) is 30.2 Å². The Kier molecular flexibility index (Phi) is 19.1. The first-order valence-corrected chi connectivity index (χ1v) is 32.8. The van der Waals surface area contributed by atoms with Gasteiger partial charge in [-0.3, -0.25) is 0 Å². The SMILES string of the molecule is CCN1C=CN(c2cccc(N3C=CN(CC)[C@@H]3C)c2C)[C@@H]1C.Cc1c(N2C=CN(C(C)C)[C@@H]2C)cccc1N1C=CN(C(C)C)[C@H]1C.Cc1c(N2C=CN(C)[C@H]2C)cccc1N1C=CN(C)[C@@H]1C.[2H]C([2H])([2H])N1C=CN(c2cccc(N3C=CN(C)[C@@H]3C)c2C)[C@@H]1C. The summed E-state index contributed by atoms with van der Waals surface area (Å²) in [6.07, 6.45) is 35.9. The second-order valence-corrected chi connectivity index (χ2v) is 25.5. The van der Waals surface area contributed by atoms with E-state index in [1.165, 1.54) is 55.7 Å². The molecular formula is C74H108N16. The number of rotatable bonds is 12. The third kappa shape index (κ3) is 12.9. The molecule has 0 fully saturated rings. The largest absolute Gasteiger partial charge is 0.359 e. The van der Waals surface area contributed by atoms with E-state index in [4.69, 9.17) is 4.11 Å². The van der Waals surface area contributed by atoms with Crippen LogP contribution < -0.4 is 39.2 Å². The highest BCUT2D eigenvalue weighted by atomic mass is 15.4. The summed E-state index contributed by atoms with van der Waals surface area (Å²) in [4.78, 5) is 35.9. The molecule has 0 saturated heterocycles. The maximum absolute atomic E-state index is 7.65. The molecule has 0 aliphatic carbocycles. The smallest absolute Gasteiger partial charge is 0.103 e. The van der Waals surface area contributed by atoms with E-state index in [0.717, 1.165) is 30.0 Å². The van der Waals surface area contributed by atoms with Crippen molar-refractivity contribution in [2.24, 2.45) is 0 Å². The van der Waals surface area contributed by atoms with Gasteiger partial charge in [0.15, 0.2) is 0 Å². The Morgan fingerprint density at radius 1 is 0.300 bits per heavy atom. The third-order valence-corrected chi connectivity index (χ3v) is 19.9. The monoisotopic (exact) mass is 1220 g/mol. The molecule has 0 N–H and O–H groups in total. The lowest BCUT2D eigenvalue weighted by atomic mass is 10.1. The van der Waals surface area contributed by atoms with Crippen molar-refractivity contribution >= 4 is 45.5 Å². The molecule has 0 amide bonds. The van der Waals surface area contributed by atoms with Gasteiger partial charge in [0.2, 0.25) is 0 Å². The van der Waals surface area contributed by atoms with Crippen molar-refractivity contribution in [3.8, 4) is 0 Å². The zero-order valence-corrected chi connectivity index (χ0v) is 58.0. The van der Waals surface area contributed by atoms with Crippen molar-refractivity contribution in [3.05, 3.63) is 194 Å². The molecule has 16 nitrogen and oxygen atoms in total. The molecular weight excluding hydrogens is 1110 g/mol. The predicted molar refractivity (Wildman–Crippen MR) is 383 cm³/mol. The number of hydrogen-bond donors (Lipinski definition) is 0. The molecule has 8 aliphatic rings. The lowest BCUT2D eigenvalue weighted by Gasteiger charge is -2.36. The van der Waals surface area contributed by atoms with Crippen molar-refractivity contribution < 1.29 is 4.11 Å². The van der Waals surface area contributed by atoms with Crippen molar-refractivity contribution in [2.45, 2.75) is 186 Å². The lowest BCUT2D eigenvalue weighted by molar-refractivity contribution is 0.263. The Balaban J connectivity index is 0.000000146. The quantitative estimate of drug-likeness (QED) is 0.135. The number of nitrogens with zero attached hydrogens (tertiary/aromatic N) is 16. The van der Waals surface area contributed by atoms with Gasteiger partial charge in [-0.05, 0) is 195 Å². The van der Waals surface area contributed by atoms with Crippen LogP contribution in [0.25, 0.3) is 0 Å². The number of hydrogen-bond acceptors (Lipinski definition) is 16. The molecule has 0 unspecified atom stereocenters. The van der Waals surface area contributed by atoms with Crippen molar-refractivity contribution in [1.29, 1.82) is 0 Å². The molecule has 0 spiro atoms. The molecule has 0 saturated carbocycles. The Hall–Kier alpha value is -8.40. The van der Waals surface area contributed by atoms with E-state index >= 15 is 0 Å². The molecule has 12 rings (SSSR count). The van der Waals surface area contributed by atoms with Crippen LogP contribution in [-0.4, -0.2) is 142 Å². The maximum atomic E-state index is 7.65. The fraction of sp³-hybridized carbons (Fsp3) is 0.459. The van der Waals surface area contributed by atoms with Crippen LogP contribution in [0.3, 0.4) is 0 Å². The van der Waals surface area contributed by atoms with E-state index in [2.05, 4.69) is 355 Å². The van der Waals surface area contributed by atoms with Crippen LogP contribution in [0.15, 0.2) is 172 Å².